The van der Waals surface area contributed by atoms with Crippen LogP contribution in [-0.2, 0) is 18.4 Å². The van der Waals surface area contributed by atoms with Crippen LogP contribution in [0.4, 0.5) is 0 Å². The molecule has 0 aromatic heterocycles. The summed E-state index contributed by atoms with van der Waals surface area (Å²) in [5.74, 6) is 0.245. The van der Waals surface area contributed by atoms with Crippen LogP contribution in [-0.4, -0.2) is 42.3 Å². The molecule has 0 aromatic rings. The van der Waals surface area contributed by atoms with Crippen molar-refractivity contribution in [2.24, 2.45) is 5.92 Å². The van der Waals surface area contributed by atoms with Gasteiger partial charge < -0.3 is 18.4 Å². The Morgan fingerprint density at radius 3 is 2.18 bits per heavy atom. The van der Waals surface area contributed by atoms with E-state index in [-0.39, 0.29) is 12.0 Å². The van der Waals surface area contributed by atoms with Gasteiger partial charge >= 0.3 is 8.56 Å². The lowest BCUT2D eigenvalue weighted by atomic mass is 10.00. The quantitative estimate of drug-likeness (QED) is 0.448. The molecule has 0 rings (SSSR count). The van der Waals surface area contributed by atoms with Crippen molar-refractivity contribution in [3.63, 3.8) is 0 Å². The molecule has 102 valence electrons. The van der Waals surface area contributed by atoms with Crippen molar-refractivity contribution >= 4 is 14.8 Å². The number of aldehydes is 1. The number of methoxy groups -OCH3 is 1. The number of rotatable bonds is 10. The lowest BCUT2D eigenvalue weighted by Crippen LogP contribution is -2.40. The number of carbonyl (C=O) groups is 1. The summed E-state index contributed by atoms with van der Waals surface area (Å²) in [6, 6.07) is 1.83. The summed E-state index contributed by atoms with van der Waals surface area (Å²) in [5.41, 5.74) is 0. The minimum atomic E-state index is -2.03. The van der Waals surface area contributed by atoms with E-state index in [9.17, 15) is 4.79 Å². The van der Waals surface area contributed by atoms with Crippen molar-refractivity contribution in [2.45, 2.75) is 44.9 Å². The molecule has 0 bridgehead atoms. The Bertz CT molecular complexity index is 198. The second-order valence-electron chi connectivity index (χ2n) is 4.36. The molecular weight excluding hydrogens is 236 g/mol. The molecule has 0 aromatic carbocycles. The molecule has 0 aliphatic rings. The summed E-state index contributed by atoms with van der Waals surface area (Å²) in [4.78, 5) is 10.5. The number of ether oxygens (including phenoxy) is 1. The standard InChI is InChI=1S/C12H26O4Si/c1-6-17(15-4,16-5)10-8-12(14-3)11(2)7-9-13/h9,11-12H,6-8,10H2,1-5H3. The summed E-state index contributed by atoms with van der Waals surface area (Å²) in [6.45, 7) is 4.13. The average Bonchev–Trinajstić information content (AvgIpc) is 2.36. The highest BCUT2D eigenvalue weighted by molar-refractivity contribution is 6.67. The molecule has 4 nitrogen and oxygen atoms in total. The van der Waals surface area contributed by atoms with Gasteiger partial charge in [-0.05, 0) is 24.4 Å². The fourth-order valence-corrected chi connectivity index (χ4v) is 4.28. The van der Waals surface area contributed by atoms with Gasteiger partial charge in [-0.1, -0.05) is 13.8 Å². The van der Waals surface area contributed by atoms with E-state index in [0.29, 0.717) is 6.42 Å². The maximum atomic E-state index is 10.5. The van der Waals surface area contributed by atoms with Crippen LogP contribution >= 0.6 is 0 Å². The zero-order valence-corrected chi connectivity index (χ0v) is 12.7. The predicted molar refractivity (Wildman–Crippen MR) is 70.3 cm³/mol. The molecule has 0 N–H and O–H groups in total. The normalized spacial score (nSPS) is 15.6. The Kier molecular flexibility index (Phi) is 8.68. The van der Waals surface area contributed by atoms with Gasteiger partial charge in [0.2, 0.25) is 0 Å². The fraction of sp³-hybridized carbons (Fsp3) is 0.917. The Morgan fingerprint density at radius 2 is 1.82 bits per heavy atom. The van der Waals surface area contributed by atoms with Crippen molar-refractivity contribution in [1.29, 1.82) is 0 Å². The van der Waals surface area contributed by atoms with E-state index in [2.05, 4.69) is 6.92 Å². The van der Waals surface area contributed by atoms with E-state index in [4.69, 9.17) is 13.6 Å². The Balaban J connectivity index is 4.33. The average molecular weight is 262 g/mol. The van der Waals surface area contributed by atoms with Gasteiger partial charge in [-0.25, -0.2) is 0 Å². The zero-order chi connectivity index (χ0) is 13.3. The van der Waals surface area contributed by atoms with Crippen molar-refractivity contribution in [3.05, 3.63) is 0 Å². The zero-order valence-electron chi connectivity index (χ0n) is 11.7. The Labute approximate surface area is 106 Å². The van der Waals surface area contributed by atoms with Gasteiger partial charge in [-0.3, -0.25) is 0 Å². The third-order valence-corrected chi connectivity index (χ3v) is 7.11. The summed E-state index contributed by atoms with van der Waals surface area (Å²) in [6.07, 6.45) is 2.48. The van der Waals surface area contributed by atoms with E-state index >= 15 is 0 Å². The first-order valence-electron chi connectivity index (χ1n) is 6.15. The number of hydrogen-bond acceptors (Lipinski definition) is 4. The fourth-order valence-electron chi connectivity index (χ4n) is 2.05. The van der Waals surface area contributed by atoms with Gasteiger partial charge in [0.15, 0.2) is 0 Å². The second kappa shape index (κ2) is 8.80. The van der Waals surface area contributed by atoms with Gasteiger partial charge in [0, 0.05) is 27.8 Å². The molecule has 0 amide bonds. The molecule has 0 radical (unpaired) electrons. The van der Waals surface area contributed by atoms with E-state index in [1.807, 2.05) is 6.92 Å². The van der Waals surface area contributed by atoms with Crippen LogP contribution in [0.15, 0.2) is 0 Å². The van der Waals surface area contributed by atoms with Crippen LogP contribution in [0.25, 0.3) is 0 Å². The first kappa shape index (κ1) is 16.8. The summed E-state index contributed by atoms with van der Waals surface area (Å²) >= 11 is 0. The minimum Gasteiger partial charge on any atom is -0.398 e. The molecule has 2 atom stereocenters. The largest absolute Gasteiger partial charge is 0.398 e. The van der Waals surface area contributed by atoms with Crippen molar-refractivity contribution in [1.82, 2.24) is 0 Å². The van der Waals surface area contributed by atoms with Gasteiger partial charge in [-0.2, -0.15) is 0 Å². The minimum absolute atomic E-state index is 0.101. The van der Waals surface area contributed by atoms with Crippen LogP contribution in [0.1, 0.15) is 26.7 Å². The number of carbonyl (C=O) groups excluding carboxylic acids is 1. The molecule has 0 fully saturated rings. The second-order valence-corrected chi connectivity index (χ2v) is 8.21. The Hall–Kier alpha value is -0.233. The summed E-state index contributed by atoms with van der Waals surface area (Å²) < 4.78 is 16.6. The lowest BCUT2D eigenvalue weighted by Gasteiger charge is -2.29. The summed E-state index contributed by atoms with van der Waals surface area (Å²) in [5, 5.41) is 0. The molecule has 0 aliphatic heterocycles. The van der Waals surface area contributed by atoms with E-state index in [0.717, 1.165) is 24.8 Å². The first-order chi connectivity index (χ1) is 8.09. The van der Waals surface area contributed by atoms with Crippen molar-refractivity contribution < 1.29 is 18.4 Å². The molecule has 5 heteroatoms. The predicted octanol–water partition coefficient (Wildman–Crippen LogP) is 2.37. The summed E-state index contributed by atoms with van der Waals surface area (Å²) in [7, 11) is 3.10. The first-order valence-corrected chi connectivity index (χ1v) is 8.38. The monoisotopic (exact) mass is 262 g/mol. The molecule has 2 unspecified atom stereocenters. The van der Waals surface area contributed by atoms with Crippen LogP contribution in [0, 0.1) is 5.92 Å². The van der Waals surface area contributed by atoms with Crippen LogP contribution in [0.5, 0.6) is 0 Å². The van der Waals surface area contributed by atoms with Crippen molar-refractivity contribution in [2.75, 3.05) is 21.3 Å². The smallest absolute Gasteiger partial charge is 0.337 e. The Morgan fingerprint density at radius 1 is 1.24 bits per heavy atom. The highest BCUT2D eigenvalue weighted by atomic mass is 28.4. The maximum absolute atomic E-state index is 10.5. The highest BCUT2D eigenvalue weighted by Gasteiger charge is 2.34. The molecule has 0 spiro atoms. The van der Waals surface area contributed by atoms with Gasteiger partial charge in [0.1, 0.15) is 6.29 Å². The third-order valence-electron chi connectivity index (χ3n) is 3.50. The lowest BCUT2D eigenvalue weighted by molar-refractivity contribution is -0.109. The number of hydrogen-bond donors (Lipinski definition) is 0. The molecule has 0 aliphatic carbocycles. The molecule has 0 saturated carbocycles. The molecule has 0 saturated heterocycles. The van der Waals surface area contributed by atoms with Gasteiger partial charge in [0.25, 0.3) is 0 Å². The molecular formula is C12H26O4Si. The van der Waals surface area contributed by atoms with Crippen LogP contribution in [0.2, 0.25) is 12.1 Å². The van der Waals surface area contributed by atoms with Crippen molar-refractivity contribution in [3.8, 4) is 0 Å². The van der Waals surface area contributed by atoms with Crippen LogP contribution in [0.3, 0.4) is 0 Å². The van der Waals surface area contributed by atoms with E-state index in [1.165, 1.54) is 0 Å². The SMILES string of the molecule is CC[Si](CCC(OC)C(C)CC=O)(OC)OC. The highest BCUT2D eigenvalue weighted by Crippen LogP contribution is 2.24. The van der Waals surface area contributed by atoms with Crippen LogP contribution < -0.4 is 0 Å². The van der Waals surface area contributed by atoms with Gasteiger partial charge in [0.05, 0.1) is 6.10 Å². The topological polar surface area (TPSA) is 44.8 Å². The molecule has 0 heterocycles. The maximum Gasteiger partial charge on any atom is 0.337 e. The van der Waals surface area contributed by atoms with E-state index in [1.54, 1.807) is 21.3 Å². The van der Waals surface area contributed by atoms with E-state index < -0.39 is 8.56 Å². The van der Waals surface area contributed by atoms with Gasteiger partial charge in [-0.15, -0.1) is 0 Å². The molecule has 17 heavy (non-hydrogen) atoms. The third kappa shape index (κ3) is 5.29.